The van der Waals surface area contributed by atoms with Gasteiger partial charge >= 0.3 is 0 Å². The van der Waals surface area contributed by atoms with Crippen molar-refractivity contribution in [1.29, 1.82) is 0 Å². The number of rotatable bonds is 7. The van der Waals surface area contributed by atoms with E-state index in [1.165, 1.54) is 5.56 Å². The second-order valence-corrected chi connectivity index (χ2v) is 8.06. The third-order valence-electron chi connectivity index (χ3n) is 5.80. The topological polar surface area (TPSA) is 57.0 Å². The van der Waals surface area contributed by atoms with Gasteiger partial charge in [-0.05, 0) is 41.5 Å². The molecule has 0 saturated carbocycles. The Kier molecular flexibility index (Phi) is 5.24. The number of anilines is 1. The van der Waals surface area contributed by atoms with Crippen molar-refractivity contribution in [2.75, 3.05) is 12.1 Å². The highest BCUT2D eigenvalue weighted by molar-refractivity contribution is 5.79. The van der Waals surface area contributed by atoms with Crippen LogP contribution >= 0.6 is 0 Å². The van der Waals surface area contributed by atoms with Crippen LogP contribution in [0.4, 0.5) is 5.82 Å². The zero-order chi connectivity index (χ0) is 22.7. The largest absolute Gasteiger partial charge is 0.485 e. The van der Waals surface area contributed by atoms with Gasteiger partial charge in [0.2, 0.25) is 6.79 Å². The Morgan fingerprint density at radius 2 is 1.59 bits per heavy atom. The van der Waals surface area contributed by atoms with Gasteiger partial charge in [-0.1, -0.05) is 60.7 Å². The van der Waals surface area contributed by atoms with Crippen LogP contribution in [0.25, 0.3) is 16.9 Å². The maximum Gasteiger partial charge on any atom is 0.231 e. The monoisotopic (exact) mass is 449 g/mol. The summed E-state index contributed by atoms with van der Waals surface area (Å²) in [4.78, 5) is 5.01. The zero-order valence-corrected chi connectivity index (χ0v) is 18.5. The lowest BCUT2D eigenvalue weighted by Gasteiger charge is -2.11. The van der Waals surface area contributed by atoms with E-state index in [1.54, 1.807) is 0 Å². The summed E-state index contributed by atoms with van der Waals surface area (Å²) < 4.78 is 19.3. The van der Waals surface area contributed by atoms with Crippen molar-refractivity contribution >= 4 is 11.5 Å². The molecule has 2 aromatic heterocycles. The number of ether oxygens (including phenoxy) is 3. The van der Waals surface area contributed by atoms with Gasteiger partial charge in [0.05, 0.1) is 0 Å². The van der Waals surface area contributed by atoms with E-state index in [2.05, 4.69) is 29.6 Å². The van der Waals surface area contributed by atoms with Gasteiger partial charge in [-0.15, -0.1) is 0 Å². The number of pyridine rings is 1. The Morgan fingerprint density at radius 3 is 2.41 bits per heavy atom. The number of hydrogen-bond donors (Lipinski definition) is 1. The van der Waals surface area contributed by atoms with Crippen LogP contribution in [0.1, 0.15) is 11.1 Å². The molecule has 1 N–H and O–H groups in total. The maximum absolute atomic E-state index is 6.19. The summed E-state index contributed by atoms with van der Waals surface area (Å²) in [5.41, 5.74) is 4.81. The van der Waals surface area contributed by atoms with Crippen molar-refractivity contribution < 1.29 is 14.2 Å². The molecule has 0 aliphatic carbocycles. The van der Waals surface area contributed by atoms with Gasteiger partial charge in [0.15, 0.2) is 22.9 Å². The minimum atomic E-state index is 0.237. The molecule has 168 valence electrons. The molecule has 3 aromatic carbocycles. The first-order valence-corrected chi connectivity index (χ1v) is 11.2. The molecule has 0 radical (unpaired) electrons. The highest BCUT2D eigenvalue weighted by Gasteiger charge is 2.20. The van der Waals surface area contributed by atoms with Crippen molar-refractivity contribution in [1.82, 2.24) is 9.38 Å². The van der Waals surface area contributed by atoms with Gasteiger partial charge in [-0.2, -0.15) is 0 Å². The van der Waals surface area contributed by atoms with E-state index in [0.29, 0.717) is 13.2 Å². The summed E-state index contributed by atoms with van der Waals surface area (Å²) in [5, 5.41) is 3.59. The number of hydrogen-bond acceptors (Lipinski definition) is 5. The molecular formula is C28H23N3O3. The summed E-state index contributed by atoms with van der Waals surface area (Å²) >= 11 is 0. The highest BCUT2D eigenvalue weighted by Crippen LogP contribution is 2.39. The molecule has 1 aliphatic rings. The minimum absolute atomic E-state index is 0.237. The molecule has 1 aliphatic heterocycles. The summed E-state index contributed by atoms with van der Waals surface area (Å²) in [6.07, 6.45) is 2.00. The summed E-state index contributed by atoms with van der Waals surface area (Å²) in [5.74, 6) is 3.09. The zero-order valence-electron chi connectivity index (χ0n) is 18.5. The average Bonchev–Trinajstić information content (AvgIpc) is 3.52. The minimum Gasteiger partial charge on any atom is -0.485 e. The Hall–Kier alpha value is -4.45. The third kappa shape index (κ3) is 3.90. The molecule has 3 heterocycles. The van der Waals surface area contributed by atoms with Crippen LogP contribution in [-0.2, 0) is 13.2 Å². The predicted molar refractivity (Wildman–Crippen MR) is 131 cm³/mol. The number of nitrogens with zero attached hydrogens (tertiary/aromatic N) is 2. The van der Waals surface area contributed by atoms with Gasteiger partial charge < -0.3 is 19.5 Å². The van der Waals surface area contributed by atoms with Crippen molar-refractivity contribution in [3.05, 3.63) is 108 Å². The first kappa shape index (κ1) is 20.2. The maximum atomic E-state index is 6.19. The fourth-order valence-corrected chi connectivity index (χ4v) is 4.09. The van der Waals surface area contributed by atoms with E-state index in [1.807, 2.05) is 77.3 Å². The fourth-order valence-electron chi connectivity index (χ4n) is 4.09. The van der Waals surface area contributed by atoms with E-state index in [4.69, 9.17) is 19.2 Å². The molecule has 0 unspecified atom stereocenters. The van der Waals surface area contributed by atoms with Gasteiger partial charge in [-0.3, -0.25) is 4.40 Å². The highest BCUT2D eigenvalue weighted by atomic mass is 16.7. The van der Waals surface area contributed by atoms with Crippen LogP contribution in [-0.4, -0.2) is 16.2 Å². The molecule has 0 bridgehead atoms. The van der Waals surface area contributed by atoms with E-state index >= 15 is 0 Å². The standard InChI is InChI=1S/C28H23N3O3/c1-3-8-20(9-4-1)17-29-28-26(22-13-14-23-25(16-22)34-19-33-23)30-27-24(12-7-15-31(27)28)32-18-21-10-5-2-6-11-21/h1-16,29H,17-19H2. The van der Waals surface area contributed by atoms with Crippen molar-refractivity contribution in [2.24, 2.45) is 0 Å². The van der Waals surface area contributed by atoms with Gasteiger partial charge in [0, 0.05) is 18.3 Å². The number of fused-ring (bicyclic) bond motifs is 2. The second kappa shape index (κ2) is 8.83. The number of imidazole rings is 1. The molecule has 6 heteroatoms. The summed E-state index contributed by atoms with van der Waals surface area (Å²) in [6.45, 7) is 1.38. The lowest BCUT2D eigenvalue weighted by molar-refractivity contribution is 0.174. The van der Waals surface area contributed by atoms with Gasteiger partial charge in [0.25, 0.3) is 0 Å². The third-order valence-corrected chi connectivity index (χ3v) is 5.80. The Labute approximate surface area is 197 Å². The van der Waals surface area contributed by atoms with E-state index < -0.39 is 0 Å². The quantitative estimate of drug-likeness (QED) is 0.334. The molecule has 0 atom stereocenters. The Morgan fingerprint density at radius 1 is 0.824 bits per heavy atom. The fraction of sp³-hybridized carbons (Fsp3) is 0.107. The molecule has 0 amide bonds. The van der Waals surface area contributed by atoms with E-state index in [0.717, 1.165) is 45.5 Å². The van der Waals surface area contributed by atoms with Crippen molar-refractivity contribution in [3.63, 3.8) is 0 Å². The first-order chi connectivity index (χ1) is 16.8. The van der Waals surface area contributed by atoms with Crippen LogP contribution < -0.4 is 19.5 Å². The Bertz CT molecular complexity index is 1430. The lowest BCUT2D eigenvalue weighted by Crippen LogP contribution is -2.04. The number of aromatic nitrogens is 2. The lowest BCUT2D eigenvalue weighted by atomic mass is 10.1. The SMILES string of the molecule is c1ccc(CNc2c(-c3ccc4c(c3)OCO4)nc3c(OCc4ccccc4)cccn23)cc1. The van der Waals surface area contributed by atoms with Crippen LogP contribution in [0.15, 0.2) is 97.2 Å². The smallest absolute Gasteiger partial charge is 0.231 e. The molecule has 34 heavy (non-hydrogen) atoms. The Balaban J connectivity index is 1.40. The van der Waals surface area contributed by atoms with E-state index in [9.17, 15) is 0 Å². The molecule has 0 spiro atoms. The van der Waals surface area contributed by atoms with Crippen molar-refractivity contribution in [2.45, 2.75) is 13.2 Å². The van der Waals surface area contributed by atoms with E-state index in [-0.39, 0.29) is 6.79 Å². The summed E-state index contributed by atoms with van der Waals surface area (Å²) in [6, 6.07) is 30.3. The van der Waals surface area contributed by atoms with Crippen LogP contribution in [0, 0.1) is 0 Å². The first-order valence-electron chi connectivity index (χ1n) is 11.2. The molecule has 6 rings (SSSR count). The van der Waals surface area contributed by atoms with Crippen LogP contribution in [0.3, 0.4) is 0 Å². The molecule has 6 nitrogen and oxygen atoms in total. The molecule has 0 saturated heterocycles. The predicted octanol–water partition coefficient (Wildman–Crippen LogP) is 5.92. The second-order valence-electron chi connectivity index (χ2n) is 8.06. The number of nitrogens with one attached hydrogen (secondary N) is 1. The van der Waals surface area contributed by atoms with Gasteiger partial charge in [0.1, 0.15) is 18.1 Å². The van der Waals surface area contributed by atoms with Crippen LogP contribution in [0.2, 0.25) is 0 Å². The summed E-state index contributed by atoms with van der Waals surface area (Å²) in [7, 11) is 0. The molecular weight excluding hydrogens is 426 g/mol. The average molecular weight is 450 g/mol. The van der Waals surface area contributed by atoms with Crippen LogP contribution in [0.5, 0.6) is 17.2 Å². The van der Waals surface area contributed by atoms with Gasteiger partial charge in [-0.25, -0.2) is 4.98 Å². The van der Waals surface area contributed by atoms with Crippen molar-refractivity contribution in [3.8, 4) is 28.5 Å². The normalized spacial score (nSPS) is 12.1. The molecule has 5 aromatic rings. The number of benzene rings is 3. The molecule has 0 fully saturated rings.